The van der Waals surface area contributed by atoms with Gasteiger partial charge in [-0.15, -0.1) is 11.3 Å². The molecule has 0 spiro atoms. The van der Waals surface area contributed by atoms with Gasteiger partial charge in [0.1, 0.15) is 11.1 Å². The van der Waals surface area contributed by atoms with Crippen LogP contribution in [-0.4, -0.2) is 16.7 Å². The average molecular weight is 289 g/mol. The van der Waals surface area contributed by atoms with Crippen LogP contribution in [0.4, 0.5) is 0 Å². The number of fused-ring (bicyclic) bond motifs is 1. The summed E-state index contributed by atoms with van der Waals surface area (Å²) in [4.78, 5) is 5.76. The summed E-state index contributed by atoms with van der Waals surface area (Å²) in [7, 11) is 0. The first kappa shape index (κ1) is 13.7. The summed E-state index contributed by atoms with van der Waals surface area (Å²) >= 11 is 1.60. The molecule has 1 heterocycles. The lowest BCUT2D eigenvalue weighted by Gasteiger charge is -2.15. The molecule has 0 saturated heterocycles. The summed E-state index contributed by atoms with van der Waals surface area (Å²) in [6, 6.07) is 10.2. The molecule has 20 heavy (non-hydrogen) atoms. The Hall–Kier alpha value is -1.23. The van der Waals surface area contributed by atoms with Crippen LogP contribution in [0.1, 0.15) is 53.1 Å². The van der Waals surface area contributed by atoms with E-state index in [9.17, 15) is 5.11 Å². The fourth-order valence-corrected chi connectivity index (χ4v) is 3.84. The maximum atomic E-state index is 10.1. The molecule has 0 fully saturated rings. The number of aliphatic hydroxyl groups is 1. The van der Waals surface area contributed by atoms with Crippen molar-refractivity contribution in [3.63, 3.8) is 0 Å². The van der Waals surface area contributed by atoms with E-state index in [2.05, 4.69) is 12.1 Å². The predicted octanol–water partition coefficient (Wildman–Crippen LogP) is 3.64. The summed E-state index contributed by atoms with van der Waals surface area (Å²) in [6.07, 6.45) is 2.37. The molecule has 1 N–H and O–H groups in total. The molecule has 3 nitrogen and oxygen atoms in total. The van der Waals surface area contributed by atoms with Crippen molar-refractivity contribution in [2.45, 2.75) is 38.4 Å². The normalized spacial score (nSPS) is 19.6. The van der Waals surface area contributed by atoms with Crippen LogP contribution >= 0.6 is 11.3 Å². The number of ether oxygens (including phenoxy) is 1. The Kier molecular flexibility index (Phi) is 4.15. The predicted molar refractivity (Wildman–Crippen MR) is 79.9 cm³/mol. The van der Waals surface area contributed by atoms with E-state index in [1.54, 1.807) is 11.3 Å². The average Bonchev–Trinajstić information content (AvgIpc) is 2.91. The van der Waals surface area contributed by atoms with Crippen molar-refractivity contribution in [2.75, 3.05) is 6.61 Å². The first-order valence-electron chi connectivity index (χ1n) is 7.13. The summed E-state index contributed by atoms with van der Waals surface area (Å²) in [5.74, 6) is 0. The Bertz CT molecular complexity index is 567. The van der Waals surface area contributed by atoms with Crippen LogP contribution in [0, 0.1) is 0 Å². The summed E-state index contributed by atoms with van der Waals surface area (Å²) < 4.78 is 5.89. The second-order valence-electron chi connectivity index (χ2n) is 5.02. The number of rotatable bonds is 4. The third-order valence-electron chi connectivity index (χ3n) is 3.60. The van der Waals surface area contributed by atoms with Gasteiger partial charge in [0.05, 0.1) is 16.7 Å². The number of benzene rings is 1. The van der Waals surface area contributed by atoms with E-state index in [1.165, 1.54) is 0 Å². The topological polar surface area (TPSA) is 42.4 Å². The van der Waals surface area contributed by atoms with Crippen LogP contribution in [0.15, 0.2) is 30.3 Å². The highest BCUT2D eigenvalue weighted by Crippen LogP contribution is 2.38. The van der Waals surface area contributed by atoms with Crippen molar-refractivity contribution in [2.24, 2.45) is 0 Å². The minimum Gasteiger partial charge on any atom is -0.388 e. The van der Waals surface area contributed by atoms with Crippen molar-refractivity contribution in [1.82, 2.24) is 4.98 Å². The van der Waals surface area contributed by atoms with E-state index < -0.39 is 0 Å². The Morgan fingerprint density at radius 1 is 1.40 bits per heavy atom. The summed E-state index contributed by atoms with van der Waals surface area (Å²) in [6.45, 7) is 2.64. The molecule has 1 aliphatic carbocycles. The minimum absolute atomic E-state index is 0.121. The SMILES string of the molecule is CCOC(c1ccccc1)c1nc2c(s1)C(O)CCC2. The van der Waals surface area contributed by atoms with Crippen molar-refractivity contribution in [1.29, 1.82) is 0 Å². The van der Waals surface area contributed by atoms with E-state index in [-0.39, 0.29) is 12.2 Å². The van der Waals surface area contributed by atoms with E-state index in [0.717, 1.165) is 40.4 Å². The number of aliphatic hydroxyl groups excluding tert-OH is 1. The van der Waals surface area contributed by atoms with Crippen LogP contribution in [0.3, 0.4) is 0 Å². The monoisotopic (exact) mass is 289 g/mol. The second kappa shape index (κ2) is 6.04. The van der Waals surface area contributed by atoms with Gasteiger partial charge in [-0.05, 0) is 31.7 Å². The molecule has 0 aliphatic heterocycles. The molecule has 2 unspecified atom stereocenters. The zero-order valence-electron chi connectivity index (χ0n) is 11.6. The molecule has 1 aromatic heterocycles. The van der Waals surface area contributed by atoms with Gasteiger partial charge in [0.15, 0.2) is 0 Å². The highest BCUT2D eigenvalue weighted by molar-refractivity contribution is 7.12. The lowest BCUT2D eigenvalue weighted by molar-refractivity contribution is 0.0910. The first-order valence-corrected chi connectivity index (χ1v) is 7.95. The van der Waals surface area contributed by atoms with Crippen molar-refractivity contribution >= 4 is 11.3 Å². The zero-order chi connectivity index (χ0) is 13.9. The minimum atomic E-state index is -0.344. The number of hydrogen-bond acceptors (Lipinski definition) is 4. The molecular weight excluding hydrogens is 270 g/mol. The highest BCUT2D eigenvalue weighted by atomic mass is 32.1. The second-order valence-corrected chi connectivity index (χ2v) is 6.08. The lowest BCUT2D eigenvalue weighted by Crippen LogP contribution is -2.07. The summed E-state index contributed by atoms with van der Waals surface area (Å²) in [5.41, 5.74) is 2.18. The van der Waals surface area contributed by atoms with Gasteiger partial charge >= 0.3 is 0 Å². The molecule has 106 valence electrons. The molecule has 2 atom stereocenters. The Labute approximate surface area is 123 Å². The molecular formula is C16H19NO2S. The quantitative estimate of drug-likeness (QED) is 0.934. The lowest BCUT2D eigenvalue weighted by atomic mass is 10.0. The van der Waals surface area contributed by atoms with Crippen LogP contribution < -0.4 is 0 Å². The van der Waals surface area contributed by atoms with Gasteiger partial charge in [-0.1, -0.05) is 30.3 Å². The number of aryl methyl sites for hydroxylation is 1. The van der Waals surface area contributed by atoms with Gasteiger partial charge in [-0.2, -0.15) is 0 Å². The number of nitrogens with zero attached hydrogens (tertiary/aromatic N) is 1. The fourth-order valence-electron chi connectivity index (χ4n) is 2.63. The number of aromatic nitrogens is 1. The third-order valence-corrected chi connectivity index (χ3v) is 4.84. The molecule has 0 bridgehead atoms. The van der Waals surface area contributed by atoms with Crippen LogP contribution in [0.2, 0.25) is 0 Å². The fraction of sp³-hybridized carbons (Fsp3) is 0.438. The maximum absolute atomic E-state index is 10.1. The molecule has 4 heteroatoms. The number of hydrogen-bond donors (Lipinski definition) is 1. The van der Waals surface area contributed by atoms with E-state index in [1.807, 2.05) is 25.1 Å². The highest BCUT2D eigenvalue weighted by Gasteiger charge is 2.26. The van der Waals surface area contributed by atoms with E-state index in [0.29, 0.717) is 6.61 Å². The van der Waals surface area contributed by atoms with Crippen LogP contribution in [0.25, 0.3) is 0 Å². The van der Waals surface area contributed by atoms with Crippen LogP contribution in [0.5, 0.6) is 0 Å². The van der Waals surface area contributed by atoms with Gasteiger partial charge in [0, 0.05) is 6.61 Å². The number of thiazole rings is 1. The molecule has 1 aliphatic rings. The van der Waals surface area contributed by atoms with Gasteiger partial charge in [0.2, 0.25) is 0 Å². The van der Waals surface area contributed by atoms with Crippen molar-refractivity contribution in [3.05, 3.63) is 51.5 Å². The molecule has 3 rings (SSSR count). The molecule has 0 saturated carbocycles. The maximum Gasteiger partial charge on any atom is 0.134 e. The van der Waals surface area contributed by atoms with Gasteiger partial charge in [-0.25, -0.2) is 4.98 Å². The van der Waals surface area contributed by atoms with Crippen molar-refractivity contribution < 1.29 is 9.84 Å². The van der Waals surface area contributed by atoms with Gasteiger partial charge < -0.3 is 9.84 Å². The van der Waals surface area contributed by atoms with E-state index in [4.69, 9.17) is 9.72 Å². The molecule has 1 aromatic carbocycles. The van der Waals surface area contributed by atoms with Gasteiger partial charge in [-0.3, -0.25) is 0 Å². The summed E-state index contributed by atoms with van der Waals surface area (Å²) in [5, 5.41) is 11.0. The smallest absolute Gasteiger partial charge is 0.134 e. The van der Waals surface area contributed by atoms with Crippen molar-refractivity contribution in [3.8, 4) is 0 Å². The van der Waals surface area contributed by atoms with Crippen LogP contribution in [-0.2, 0) is 11.2 Å². The molecule has 0 amide bonds. The Morgan fingerprint density at radius 3 is 2.90 bits per heavy atom. The largest absolute Gasteiger partial charge is 0.388 e. The first-order chi connectivity index (χ1) is 9.79. The standard InChI is InChI=1S/C16H19NO2S/c1-2-19-14(11-7-4-3-5-8-11)16-17-12-9-6-10-13(18)15(12)20-16/h3-5,7-8,13-14,18H,2,6,9-10H2,1H3. The van der Waals surface area contributed by atoms with Gasteiger partial charge in [0.25, 0.3) is 0 Å². The Balaban J connectivity index is 1.96. The zero-order valence-corrected chi connectivity index (χ0v) is 12.4. The Morgan fingerprint density at radius 2 is 2.20 bits per heavy atom. The third kappa shape index (κ3) is 2.64. The molecule has 0 radical (unpaired) electrons. The molecule has 2 aromatic rings. The van der Waals surface area contributed by atoms with E-state index >= 15 is 0 Å².